The molecule has 2 heterocycles. The summed E-state index contributed by atoms with van der Waals surface area (Å²) in [5, 5.41) is 1.00. The summed E-state index contributed by atoms with van der Waals surface area (Å²) in [5.41, 5.74) is 2.80. The van der Waals surface area contributed by atoms with Gasteiger partial charge in [-0.2, -0.15) is 0 Å². The molecule has 0 unspecified atom stereocenters. The Kier molecular flexibility index (Phi) is 2.59. The Labute approximate surface area is 112 Å². The second-order valence-corrected chi connectivity index (χ2v) is 5.12. The van der Waals surface area contributed by atoms with Gasteiger partial charge in [0.1, 0.15) is 5.65 Å². The summed E-state index contributed by atoms with van der Waals surface area (Å²) < 4.78 is 2.54. The zero-order valence-corrected chi connectivity index (χ0v) is 11.4. The minimum Gasteiger partial charge on any atom is -0.335 e. The van der Waals surface area contributed by atoms with Crippen molar-refractivity contribution in [2.75, 3.05) is 0 Å². The summed E-state index contributed by atoms with van der Waals surface area (Å²) in [4.78, 5) is 15.2. The van der Waals surface area contributed by atoms with E-state index in [1.54, 1.807) is 10.6 Å². The van der Waals surface area contributed by atoms with Gasteiger partial charge in [-0.05, 0) is 47.1 Å². The van der Waals surface area contributed by atoms with Gasteiger partial charge in [0.2, 0.25) is 0 Å². The molecule has 0 atom stereocenters. The molecule has 1 aromatic carbocycles. The number of benzene rings is 1. The first-order valence-corrected chi connectivity index (χ1v) is 6.42. The van der Waals surface area contributed by atoms with Crippen LogP contribution >= 0.6 is 15.9 Å². The van der Waals surface area contributed by atoms with E-state index in [0.29, 0.717) is 0 Å². The van der Waals surface area contributed by atoms with Gasteiger partial charge in [0, 0.05) is 11.5 Å². The zero-order chi connectivity index (χ0) is 12.7. The van der Waals surface area contributed by atoms with Crippen LogP contribution in [0.1, 0.15) is 5.56 Å². The van der Waals surface area contributed by atoms with Crippen molar-refractivity contribution in [2.24, 2.45) is 0 Å². The van der Waals surface area contributed by atoms with Crippen LogP contribution in [0.25, 0.3) is 16.7 Å². The maximum absolute atomic E-state index is 12.1. The van der Waals surface area contributed by atoms with Crippen LogP contribution in [0.4, 0.5) is 0 Å². The Balaban J connectivity index is 2.36. The number of pyridine rings is 1. The lowest BCUT2D eigenvalue weighted by Crippen LogP contribution is -2.17. The van der Waals surface area contributed by atoms with Crippen molar-refractivity contribution in [2.45, 2.75) is 6.92 Å². The van der Waals surface area contributed by atoms with Crippen molar-refractivity contribution in [3.05, 3.63) is 63.0 Å². The van der Waals surface area contributed by atoms with Gasteiger partial charge in [-0.15, -0.1) is 0 Å². The molecule has 2 aromatic heterocycles. The van der Waals surface area contributed by atoms with E-state index < -0.39 is 0 Å². The maximum Gasteiger partial charge on any atom is 0.256 e. The fourth-order valence-electron chi connectivity index (χ4n) is 2.03. The number of fused-ring (bicyclic) bond motifs is 1. The fourth-order valence-corrected chi connectivity index (χ4v) is 2.47. The zero-order valence-electron chi connectivity index (χ0n) is 9.77. The van der Waals surface area contributed by atoms with Crippen LogP contribution in [0.3, 0.4) is 0 Å². The predicted molar refractivity (Wildman–Crippen MR) is 76.3 cm³/mol. The molecule has 90 valence electrons. The van der Waals surface area contributed by atoms with Crippen LogP contribution in [0, 0.1) is 6.92 Å². The number of aromatic nitrogens is 2. The monoisotopic (exact) mass is 302 g/mol. The summed E-state index contributed by atoms with van der Waals surface area (Å²) in [7, 11) is 0. The Bertz CT molecular complexity index is 769. The van der Waals surface area contributed by atoms with Gasteiger partial charge in [0.25, 0.3) is 5.56 Å². The number of aromatic amines is 1. The summed E-state index contributed by atoms with van der Waals surface area (Å²) in [5.74, 6) is 0. The molecular formula is C14H11BrN2O. The third kappa shape index (κ3) is 1.78. The molecule has 0 spiro atoms. The Morgan fingerprint density at radius 1 is 1.11 bits per heavy atom. The van der Waals surface area contributed by atoms with Gasteiger partial charge >= 0.3 is 0 Å². The van der Waals surface area contributed by atoms with Crippen molar-refractivity contribution in [1.82, 2.24) is 9.55 Å². The molecule has 0 bridgehead atoms. The molecular weight excluding hydrogens is 292 g/mol. The van der Waals surface area contributed by atoms with Crippen LogP contribution in [-0.4, -0.2) is 9.55 Å². The molecule has 0 radical (unpaired) electrons. The maximum atomic E-state index is 12.1. The molecule has 0 amide bonds. The number of aryl methyl sites for hydroxylation is 1. The van der Waals surface area contributed by atoms with E-state index in [2.05, 4.69) is 20.9 Å². The molecule has 4 heteroatoms. The molecule has 3 aromatic rings. The van der Waals surface area contributed by atoms with E-state index in [1.807, 2.05) is 43.3 Å². The molecule has 18 heavy (non-hydrogen) atoms. The van der Waals surface area contributed by atoms with Crippen molar-refractivity contribution < 1.29 is 0 Å². The normalized spacial score (nSPS) is 11.0. The first-order valence-electron chi connectivity index (χ1n) is 5.62. The van der Waals surface area contributed by atoms with Crippen molar-refractivity contribution >= 4 is 27.0 Å². The lowest BCUT2D eigenvalue weighted by molar-refractivity contribution is 1.02. The number of nitrogens with one attached hydrogen (secondary N) is 1. The molecule has 0 fully saturated rings. The van der Waals surface area contributed by atoms with Gasteiger partial charge in [0.15, 0.2) is 0 Å². The Morgan fingerprint density at radius 2 is 1.83 bits per heavy atom. The third-order valence-corrected chi connectivity index (χ3v) is 3.36. The summed E-state index contributed by atoms with van der Waals surface area (Å²) in [6, 6.07) is 13.3. The number of nitrogens with zero attached hydrogens (tertiary/aromatic N) is 1. The highest BCUT2D eigenvalue weighted by Crippen LogP contribution is 2.20. The smallest absolute Gasteiger partial charge is 0.256 e. The third-order valence-electron chi connectivity index (χ3n) is 2.94. The van der Waals surface area contributed by atoms with Gasteiger partial charge in [-0.1, -0.05) is 17.7 Å². The van der Waals surface area contributed by atoms with E-state index in [1.165, 1.54) is 5.56 Å². The summed E-state index contributed by atoms with van der Waals surface area (Å²) in [6.07, 6.45) is 0. The first kappa shape index (κ1) is 11.3. The molecule has 3 nitrogen and oxygen atoms in total. The van der Waals surface area contributed by atoms with Crippen LogP contribution in [0.2, 0.25) is 0 Å². The molecule has 0 saturated carbocycles. The topological polar surface area (TPSA) is 37.8 Å². The molecule has 0 saturated heterocycles. The largest absolute Gasteiger partial charge is 0.335 e. The highest BCUT2D eigenvalue weighted by Gasteiger charge is 2.07. The van der Waals surface area contributed by atoms with Gasteiger partial charge in [0.05, 0.1) is 10.3 Å². The quantitative estimate of drug-likeness (QED) is 0.735. The predicted octanol–water partition coefficient (Wildman–Crippen LogP) is 3.39. The van der Waals surface area contributed by atoms with E-state index in [4.69, 9.17) is 0 Å². The Morgan fingerprint density at radius 3 is 2.56 bits per heavy atom. The minimum absolute atomic E-state index is 0.0410. The number of hydrogen-bond acceptors (Lipinski definition) is 1. The second-order valence-electron chi connectivity index (χ2n) is 4.26. The molecule has 0 aliphatic heterocycles. The number of rotatable bonds is 1. The summed E-state index contributed by atoms with van der Waals surface area (Å²) >= 11 is 3.40. The highest BCUT2D eigenvalue weighted by atomic mass is 79.9. The number of hydrogen-bond donors (Lipinski definition) is 1. The SMILES string of the molecule is Cc1ccc(-n2c(=O)ccc3cc(Br)[nH]c32)cc1. The van der Waals surface area contributed by atoms with E-state index >= 15 is 0 Å². The minimum atomic E-state index is -0.0410. The van der Waals surface area contributed by atoms with Crippen molar-refractivity contribution in [3.63, 3.8) is 0 Å². The average molecular weight is 303 g/mol. The van der Waals surface area contributed by atoms with E-state index in [-0.39, 0.29) is 5.56 Å². The summed E-state index contributed by atoms with van der Waals surface area (Å²) in [6.45, 7) is 2.03. The standard InChI is InChI=1S/C14H11BrN2O/c1-9-2-5-11(6-3-9)17-13(18)7-4-10-8-12(15)16-14(10)17/h2-8,16H,1H3. The van der Waals surface area contributed by atoms with E-state index in [0.717, 1.165) is 21.3 Å². The van der Waals surface area contributed by atoms with E-state index in [9.17, 15) is 4.79 Å². The van der Waals surface area contributed by atoms with Gasteiger partial charge in [-0.3, -0.25) is 9.36 Å². The lowest BCUT2D eigenvalue weighted by atomic mass is 10.2. The first-order chi connectivity index (χ1) is 8.65. The molecule has 0 aliphatic carbocycles. The molecule has 1 N–H and O–H groups in total. The highest BCUT2D eigenvalue weighted by molar-refractivity contribution is 9.10. The molecule has 3 rings (SSSR count). The molecule has 0 aliphatic rings. The van der Waals surface area contributed by atoms with Gasteiger partial charge in [-0.25, -0.2) is 0 Å². The lowest BCUT2D eigenvalue weighted by Gasteiger charge is -2.07. The number of halogens is 1. The van der Waals surface area contributed by atoms with Crippen LogP contribution in [0.15, 0.2) is 51.9 Å². The van der Waals surface area contributed by atoms with Crippen LogP contribution < -0.4 is 5.56 Å². The van der Waals surface area contributed by atoms with Crippen LogP contribution in [-0.2, 0) is 0 Å². The number of H-pyrrole nitrogens is 1. The fraction of sp³-hybridized carbons (Fsp3) is 0.0714. The van der Waals surface area contributed by atoms with Crippen molar-refractivity contribution in [1.29, 1.82) is 0 Å². The van der Waals surface area contributed by atoms with Crippen molar-refractivity contribution in [3.8, 4) is 5.69 Å². The van der Waals surface area contributed by atoms with Crippen LogP contribution in [0.5, 0.6) is 0 Å². The van der Waals surface area contributed by atoms with Gasteiger partial charge < -0.3 is 4.98 Å². The average Bonchev–Trinajstić information content (AvgIpc) is 2.71. The Hall–Kier alpha value is -1.81. The second kappa shape index (κ2) is 4.14.